The maximum atomic E-state index is 11.5. The van der Waals surface area contributed by atoms with Gasteiger partial charge in [-0.1, -0.05) is 49.0 Å². The molecule has 0 radical (unpaired) electrons. The Morgan fingerprint density at radius 3 is 2.61 bits per heavy atom. The normalized spacial score (nSPS) is 10.7. The van der Waals surface area contributed by atoms with Gasteiger partial charge in [-0.15, -0.1) is 0 Å². The third-order valence-electron chi connectivity index (χ3n) is 2.92. The first-order valence-electron chi connectivity index (χ1n) is 6.21. The molecule has 0 aromatic heterocycles. The quantitative estimate of drug-likeness (QED) is 0.631. The van der Waals surface area contributed by atoms with Gasteiger partial charge in [0, 0.05) is 6.42 Å². The van der Waals surface area contributed by atoms with E-state index in [1.54, 1.807) is 0 Å². The summed E-state index contributed by atoms with van der Waals surface area (Å²) in [7, 11) is -1.39. The predicted octanol–water partition coefficient (Wildman–Crippen LogP) is 2.51. The first-order valence-corrected chi connectivity index (χ1v) is 9.62. The Bertz CT molecular complexity index is 423. The van der Waals surface area contributed by atoms with Crippen LogP contribution in [0.4, 0.5) is 0 Å². The molecule has 0 heterocycles. The van der Waals surface area contributed by atoms with Gasteiger partial charge in [0.1, 0.15) is 6.54 Å². The second-order valence-corrected chi connectivity index (χ2v) is 10.4. The van der Waals surface area contributed by atoms with Crippen LogP contribution in [-0.2, 0) is 10.8 Å². The van der Waals surface area contributed by atoms with Crippen LogP contribution in [0.2, 0.25) is 19.1 Å². The highest BCUT2D eigenvalue weighted by atomic mass is 28.3. The summed E-state index contributed by atoms with van der Waals surface area (Å²) in [5.41, 5.74) is 1.35. The number of nitriles is 1. The minimum absolute atomic E-state index is 0.00909. The predicted molar refractivity (Wildman–Crippen MR) is 75.7 cm³/mol. The molecular formula is C14H20N2OSi. The topological polar surface area (TPSA) is 52.9 Å². The fourth-order valence-corrected chi connectivity index (χ4v) is 4.34. The molecule has 0 aliphatic heterocycles. The number of rotatable bonds is 6. The van der Waals surface area contributed by atoms with Gasteiger partial charge in [-0.3, -0.25) is 4.79 Å². The lowest BCUT2D eigenvalue weighted by molar-refractivity contribution is -0.120. The Morgan fingerprint density at radius 2 is 2.00 bits per heavy atom. The summed E-state index contributed by atoms with van der Waals surface area (Å²) in [5, 5.41) is 11.0. The van der Waals surface area contributed by atoms with Crippen molar-refractivity contribution in [1.29, 1.82) is 5.26 Å². The molecule has 0 aliphatic carbocycles. The first-order chi connectivity index (χ1) is 8.53. The maximum absolute atomic E-state index is 11.5. The van der Waals surface area contributed by atoms with Crippen molar-refractivity contribution in [3.63, 3.8) is 0 Å². The van der Waals surface area contributed by atoms with E-state index in [-0.39, 0.29) is 12.5 Å². The number of hydrogen-bond acceptors (Lipinski definition) is 2. The van der Waals surface area contributed by atoms with E-state index in [0.717, 1.165) is 12.1 Å². The molecule has 4 heteroatoms. The van der Waals surface area contributed by atoms with Crippen molar-refractivity contribution in [1.82, 2.24) is 5.32 Å². The second-order valence-electron chi connectivity index (χ2n) is 5.26. The minimum Gasteiger partial charge on any atom is -0.343 e. The third-order valence-corrected chi connectivity index (χ3v) is 5.89. The molecule has 0 saturated carbocycles. The zero-order chi connectivity index (χ0) is 13.4. The average Bonchev–Trinajstić information content (AvgIpc) is 2.35. The van der Waals surface area contributed by atoms with Crippen molar-refractivity contribution < 1.29 is 4.79 Å². The molecule has 96 valence electrons. The smallest absolute Gasteiger partial charge is 0.220 e. The van der Waals surface area contributed by atoms with Crippen LogP contribution in [0.3, 0.4) is 0 Å². The highest BCUT2D eigenvalue weighted by molar-refractivity contribution is 6.77. The van der Waals surface area contributed by atoms with Crippen molar-refractivity contribution in [3.05, 3.63) is 35.9 Å². The number of carbonyl (C=O) groups is 1. The number of amides is 1. The van der Waals surface area contributed by atoms with Gasteiger partial charge in [0.15, 0.2) is 0 Å². The molecule has 1 amide bonds. The molecule has 0 saturated heterocycles. The lowest BCUT2D eigenvalue weighted by Crippen LogP contribution is -2.32. The summed E-state index contributed by atoms with van der Waals surface area (Å²) in [5.74, 6) is -0.00909. The summed E-state index contributed by atoms with van der Waals surface area (Å²) < 4.78 is 0. The standard InChI is InChI=1S/C14H20N2OSi/c1-18(2,11-8-14(17)16-10-9-15)12-13-6-4-3-5-7-13/h3-7H,8,10-12H2,1-2H3,(H,16,17). The fourth-order valence-electron chi connectivity index (χ4n) is 1.92. The van der Waals surface area contributed by atoms with Gasteiger partial charge in [0.2, 0.25) is 5.91 Å². The summed E-state index contributed by atoms with van der Waals surface area (Å²) in [6.07, 6.45) is 0.535. The number of hydrogen-bond donors (Lipinski definition) is 1. The summed E-state index contributed by atoms with van der Waals surface area (Å²) in [6.45, 7) is 4.72. The van der Waals surface area contributed by atoms with Crippen molar-refractivity contribution >= 4 is 14.0 Å². The fraction of sp³-hybridized carbons (Fsp3) is 0.429. The zero-order valence-electron chi connectivity index (χ0n) is 11.1. The molecule has 0 unspecified atom stereocenters. The van der Waals surface area contributed by atoms with Gasteiger partial charge < -0.3 is 5.32 Å². The molecular weight excluding hydrogens is 240 g/mol. The van der Waals surface area contributed by atoms with Gasteiger partial charge in [-0.05, 0) is 12.1 Å². The molecule has 1 N–H and O–H groups in total. The molecule has 1 rings (SSSR count). The lowest BCUT2D eigenvalue weighted by Gasteiger charge is -2.22. The van der Waals surface area contributed by atoms with Gasteiger partial charge in [0.25, 0.3) is 0 Å². The van der Waals surface area contributed by atoms with Crippen LogP contribution in [-0.4, -0.2) is 20.5 Å². The minimum atomic E-state index is -1.39. The van der Waals surface area contributed by atoms with E-state index in [4.69, 9.17) is 5.26 Å². The maximum Gasteiger partial charge on any atom is 0.220 e. The Labute approximate surface area is 110 Å². The van der Waals surface area contributed by atoms with Crippen molar-refractivity contribution in [3.8, 4) is 6.07 Å². The Morgan fingerprint density at radius 1 is 1.33 bits per heavy atom. The number of carbonyl (C=O) groups excluding carboxylic acids is 1. The van der Waals surface area contributed by atoms with E-state index in [0.29, 0.717) is 6.42 Å². The summed E-state index contributed by atoms with van der Waals surface area (Å²) >= 11 is 0. The Kier molecular flexibility index (Phi) is 5.60. The Hall–Kier alpha value is -1.60. The van der Waals surface area contributed by atoms with Crippen molar-refractivity contribution in [2.75, 3.05) is 6.54 Å². The van der Waals surface area contributed by atoms with E-state index in [1.807, 2.05) is 12.1 Å². The molecule has 1 aromatic carbocycles. The number of nitrogens with one attached hydrogen (secondary N) is 1. The molecule has 1 aromatic rings. The molecule has 0 fully saturated rings. The molecule has 0 atom stereocenters. The van der Waals surface area contributed by atoms with Crippen LogP contribution < -0.4 is 5.32 Å². The molecule has 18 heavy (non-hydrogen) atoms. The van der Waals surface area contributed by atoms with Gasteiger partial charge in [0.05, 0.1) is 14.1 Å². The van der Waals surface area contributed by atoms with Crippen LogP contribution in [0.15, 0.2) is 30.3 Å². The molecule has 0 spiro atoms. The molecule has 0 aliphatic rings. The van der Waals surface area contributed by atoms with Gasteiger partial charge in [-0.2, -0.15) is 5.26 Å². The third kappa shape index (κ3) is 5.64. The first kappa shape index (κ1) is 14.5. The number of nitrogens with zero attached hydrogens (tertiary/aromatic N) is 1. The second kappa shape index (κ2) is 6.97. The van der Waals surface area contributed by atoms with Crippen molar-refractivity contribution in [2.24, 2.45) is 0 Å². The largest absolute Gasteiger partial charge is 0.343 e. The van der Waals surface area contributed by atoms with Crippen LogP contribution >= 0.6 is 0 Å². The summed E-state index contributed by atoms with van der Waals surface area (Å²) in [6, 6.07) is 14.4. The van der Waals surface area contributed by atoms with Crippen LogP contribution in [0.1, 0.15) is 12.0 Å². The highest BCUT2D eigenvalue weighted by Crippen LogP contribution is 2.18. The van der Waals surface area contributed by atoms with Crippen LogP contribution in [0.5, 0.6) is 0 Å². The van der Waals surface area contributed by atoms with E-state index in [1.165, 1.54) is 5.56 Å². The zero-order valence-corrected chi connectivity index (χ0v) is 12.1. The monoisotopic (exact) mass is 260 g/mol. The molecule has 3 nitrogen and oxygen atoms in total. The van der Waals surface area contributed by atoms with Crippen LogP contribution in [0.25, 0.3) is 0 Å². The average molecular weight is 260 g/mol. The molecule has 0 bridgehead atoms. The lowest BCUT2D eigenvalue weighted by atomic mass is 10.2. The highest BCUT2D eigenvalue weighted by Gasteiger charge is 2.22. The Balaban J connectivity index is 2.40. The number of benzene rings is 1. The SMILES string of the molecule is C[Si](C)(CCC(=O)NCC#N)Cc1ccccc1. The van der Waals surface area contributed by atoms with E-state index in [2.05, 4.69) is 42.7 Å². The van der Waals surface area contributed by atoms with Gasteiger partial charge in [-0.25, -0.2) is 0 Å². The van der Waals surface area contributed by atoms with Gasteiger partial charge >= 0.3 is 0 Å². The van der Waals surface area contributed by atoms with Crippen LogP contribution in [0, 0.1) is 11.3 Å². The van der Waals surface area contributed by atoms with E-state index in [9.17, 15) is 4.79 Å². The summed E-state index contributed by atoms with van der Waals surface area (Å²) in [4.78, 5) is 11.5. The van der Waals surface area contributed by atoms with Crippen molar-refractivity contribution in [2.45, 2.75) is 31.6 Å². The van der Waals surface area contributed by atoms with E-state index >= 15 is 0 Å². The van der Waals surface area contributed by atoms with E-state index < -0.39 is 8.07 Å².